The third-order valence-electron chi connectivity index (χ3n) is 4.75. The van der Waals surface area contributed by atoms with Crippen molar-refractivity contribution in [3.8, 4) is 0 Å². The number of hydrogen-bond acceptors (Lipinski definition) is 5. The molecule has 7 heteroatoms. The summed E-state index contributed by atoms with van der Waals surface area (Å²) in [6, 6.07) is 14.3. The monoisotopic (exact) mass is 388 g/mol. The van der Waals surface area contributed by atoms with E-state index in [4.69, 9.17) is 4.42 Å². The van der Waals surface area contributed by atoms with E-state index in [1.54, 1.807) is 24.4 Å². The summed E-state index contributed by atoms with van der Waals surface area (Å²) in [5, 5.41) is 7.15. The first-order valence-electron chi connectivity index (χ1n) is 9.40. The van der Waals surface area contributed by atoms with Gasteiger partial charge in [0.2, 0.25) is 0 Å². The maximum Gasteiger partial charge on any atom is 0.291 e. The zero-order valence-electron chi connectivity index (χ0n) is 15.9. The van der Waals surface area contributed by atoms with Gasteiger partial charge in [0.15, 0.2) is 5.76 Å². The van der Waals surface area contributed by atoms with Crippen molar-refractivity contribution in [1.82, 2.24) is 10.4 Å². The molecular weight excluding hydrogens is 368 g/mol. The van der Waals surface area contributed by atoms with Crippen LogP contribution in [0.25, 0.3) is 0 Å². The highest BCUT2D eigenvalue weighted by Crippen LogP contribution is 2.30. The van der Waals surface area contributed by atoms with Gasteiger partial charge < -0.3 is 9.73 Å². The molecule has 0 saturated carbocycles. The van der Waals surface area contributed by atoms with E-state index >= 15 is 0 Å². The fraction of sp³-hybridized carbons (Fsp3) is 0.182. The number of aryl methyl sites for hydroxylation is 1. The van der Waals surface area contributed by atoms with Crippen LogP contribution in [-0.4, -0.2) is 22.5 Å². The second kappa shape index (κ2) is 8.10. The minimum atomic E-state index is -0.381. The van der Waals surface area contributed by atoms with Crippen LogP contribution in [-0.2, 0) is 6.42 Å². The summed E-state index contributed by atoms with van der Waals surface area (Å²) < 4.78 is 5.87. The van der Waals surface area contributed by atoms with E-state index in [0.29, 0.717) is 23.5 Å². The van der Waals surface area contributed by atoms with E-state index in [1.165, 1.54) is 0 Å². The van der Waals surface area contributed by atoms with Crippen LogP contribution in [0, 0.1) is 6.92 Å². The van der Waals surface area contributed by atoms with Gasteiger partial charge in [-0.1, -0.05) is 24.3 Å². The van der Waals surface area contributed by atoms with Crippen molar-refractivity contribution in [3.63, 3.8) is 0 Å². The summed E-state index contributed by atoms with van der Waals surface area (Å²) in [4.78, 5) is 28.9. The van der Waals surface area contributed by atoms with Crippen LogP contribution in [0.1, 0.15) is 50.8 Å². The number of fused-ring (bicyclic) bond motifs is 1. The van der Waals surface area contributed by atoms with Crippen molar-refractivity contribution in [1.29, 1.82) is 0 Å². The molecule has 0 saturated heterocycles. The average molecular weight is 388 g/mol. The predicted molar refractivity (Wildman–Crippen MR) is 109 cm³/mol. The van der Waals surface area contributed by atoms with E-state index in [-0.39, 0.29) is 17.6 Å². The Bertz CT molecular complexity index is 1070. The van der Waals surface area contributed by atoms with Gasteiger partial charge in [-0.05, 0) is 44.0 Å². The molecular formula is C22H20N4O3. The average Bonchev–Trinajstić information content (AvgIpc) is 3.10. The van der Waals surface area contributed by atoms with Crippen LogP contribution in [0.5, 0.6) is 0 Å². The van der Waals surface area contributed by atoms with Gasteiger partial charge in [0.25, 0.3) is 11.8 Å². The van der Waals surface area contributed by atoms with Crippen LogP contribution in [0.4, 0.5) is 5.69 Å². The molecule has 0 aliphatic heterocycles. The third-order valence-corrected chi connectivity index (χ3v) is 4.75. The Hall–Kier alpha value is -3.74. The van der Waals surface area contributed by atoms with Crippen molar-refractivity contribution in [2.75, 3.05) is 5.32 Å². The number of carbonyl (C=O) groups is 2. The molecule has 0 radical (unpaired) electrons. The van der Waals surface area contributed by atoms with Gasteiger partial charge in [-0.2, -0.15) is 5.10 Å². The quantitative estimate of drug-likeness (QED) is 0.666. The molecule has 7 nitrogen and oxygen atoms in total. The van der Waals surface area contributed by atoms with Crippen LogP contribution in [0.15, 0.2) is 64.2 Å². The third kappa shape index (κ3) is 3.94. The Balaban J connectivity index is 1.57. The topological polar surface area (TPSA) is 96.6 Å². The number of pyridine rings is 1. The van der Waals surface area contributed by atoms with Crippen LogP contribution < -0.4 is 10.7 Å². The fourth-order valence-electron chi connectivity index (χ4n) is 3.38. The van der Waals surface area contributed by atoms with Crippen LogP contribution in [0.3, 0.4) is 0 Å². The number of benzene rings is 1. The van der Waals surface area contributed by atoms with Gasteiger partial charge in [0.05, 0.1) is 5.71 Å². The molecule has 0 fully saturated rings. The Kier molecular flexibility index (Phi) is 5.20. The summed E-state index contributed by atoms with van der Waals surface area (Å²) in [6.07, 6.45) is 3.80. The normalized spacial score (nSPS) is 14.3. The van der Waals surface area contributed by atoms with Gasteiger partial charge in [-0.3, -0.25) is 14.6 Å². The zero-order chi connectivity index (χ0) is 20.2. The van der Waals surface area contributed by atoms with E-state index < -0.39 is 0 Å². The number of anilines is 1. The smallest absolute Gasteiger partial charge is 0.291 e. The summed E-state index contributed by atoms with van der Waals surface area (Å²) in [6.45, 7) is 1.84. The maximum absolute atomic E-state index is 12.7. The number of nitrogens with zero attached hydrogens (tertiary/aromatic N) is 2. The first-order valence-corrected chi connectivity index (χ1v) is 9.40. The molecule has 1 aromatic carbocycles. The molecule has 29 heavy (non-hydrogen) atoms. The molecule has 3 aromatic rings. The summed E-state index contributed by atoms with van der Waals surface area (Å²) in [7, 11) is 0. The molecule has 146 valence electrons. The molecule has 2 amide bonds. The molecule has 0 atom stereocenters. The van der Waals surface area contributed by atoms with Crippen molar-refractivity contribution in [2.24, 2.45) is 5.10 Å². The maximum atomic E-state index is 12.7. The van der Waals surface area contributed by atoms with Crippen molar-refractivity contribution >= 4 is 23.2 Å². The number of aromatic nitrogens is 1. The molecule has 2 aromatic heterocycles. The molecule has 2 N–H and O–H groups in total. The SMILES string of the molecule is Cc1c(C(=O)Nc2ccccc2)oc2c1/C(=N/NC(=O)c1ccccn1)CCC2. The Morgan fingerprint density at radius 2 is 1.83 bits per heavy atom. The molecule has 4 rings (SSSR count). The van der Waals surface area contributed by atoms with Gasteiger partial charge in [-0.15, -0.1) is 0 Å². The van der Waals surface area contributed by atoms with Gasteiger partial charge in [0.1, 0.15) is 11.5 Å². The minimum Gasteiger partial charge on any atom is -0.455 e. The molecule has 1 aliphatic carbocycles. The second-order valence-corrected chi connectivity index (χ2v) is 6.74. The lowest BCUT2D eigenvalue weighted by Gasteiger charge is -2.13. The predicted octanol–water partition coefficient (Wildman–Crippen LogP) is 3.71. The highest BCUT2D eigenvalue weighted by Gasteiger charge is 2.28. The van der Waals surface area contributed by atoms with E-state index in [0.717, 1.165) is 29.7 Å². The lowest BCUT2D eigenvalue weighted by Crippen LogP contribution is -2.22. The summed E-state index contributed by atoms with van der Waals surface area (Å²) >= 11 is 0. The lowest BCUT2D eigenvalue weighted by atomic mass is 9.93. The molecule has 1 aliphatic rings. The van der Waals surface area contributed by atoms with Crippen molar-refractivity contribution in [3.05, 3.63) is 83.1 Å². The highest BCUT2D eigenvalue weighted by atomic mass is 16.4. The fourth-order valence-corrected chi connectivity index (χ4v) is 3.38. The second-order valence-electron chi connectivity index (χ2n) is 6.74. The summed E-state index contributed by atoms with van der Waals surface area (Å²) in [5.41, 5.74) is 5.77. The van der Waals surface area contributed by atoms with E-state index in [9.17, 15) is 9.59 Å². The van der Waals surface area contributed by atoms with Crippen LogP contribution >= 0.6 is 0 Å². The number of nitrogens with one attached hydrogen (secondary N) is 2. The zero-order valence-corrected chi connectivity index (χ0v) is 15.9. The lowest BCUT2D eigenvalue weighted by molar-refractivity contribution is 0.0948. The van der Waals surface area contributed by atoms with Crippen molar-refractivity contribution < 1.29 is 14.0 Å². The Labute approximate surface area is 167 Å². The van der Waals surface area contributed by atoms with Gasteiger partial charge in [0, 0.05) is 29.4 Å². The largest absolute Gasteiger partial charge is 0.455 e. The standard InChI is InChI=1S/C22H20N4O3/c1-14-19-16(25-26-21(27)17-10-5-6-13-23-17)11-7-12-18(19)29-20(14)22(28)24-15-8-3-2-4-9-15/h2-6,8-10,13H,7,11-12H2,1H3,(H,24,28)(H,26,27)/b25-16+. The van der Waals surface area contributed by atoms with Crippen LogP contribution in [0.2, 0.25) is 0 Å². The first-order chi connectivity index (χ1) is 14.1. The molecule has 0 unspecified atom stereocenters. The number of hydrogen-bond donors (Lipinski definition) is 2. The number of para-hydroxylation sites is 1. The van der Waals surface area contributed by atoms with E-state index in [2.05, 4.69) is 20.8 Å². The Morgan fingerprint density at radius 3 is 2.59 bits per heavy atom. The highest BCUT2D eigenvalue weighted by molar-refractivity contribution is 6.09. The molecule has 2 heterocycles. The number of rotatable bonds is 4. The Morgan fingerprint density at radius 1 is 1.03 bits per heavy atom. The minimum absolute atomic E-state index is 0.268. The number of carbonyl (C=O) groups excluding carboxylic acids is 2. The number of hydrazone groups is 1. The summed E-state index contributed by atoms with van der Waals surface area (Å²) in [5.74, 6) is 0.302. The van der Waals surface area contributed by atoms with Gasteiger partial charge >= 0.3 is 0 Å². The molecule has 0 spiro atoms. The van der Waals surface area contributed by atoms with E-state index in [1.807, 2.05) is 37.3 Å². The first kappa shape index (κ1) is 18.6. The number of furan rings is 1. The number of amides is 2. The molecule has 0 bridgehead atoms. The van der Waals surface area contributed by atoms with Gasteiger partial charge in [-0.25, -0.2) is 5.43 Å². The van der Waals surface area contributed by atoms with Crippen molar-refractivity contribution in [2.45, 2.75) is 26.2 Å².